The first-order chi connectivity index (χ1) is 7.72. The monoisotopic (exact) mass is 275 g/mol. The summed E-state index contributed by atoms with van der Waals surface area (Å²) in [5.74, 6) is -4.86. The summed E-state index contributed by atoms with van der Waals surface area (Å²) in [5, 5.41) is 8.22. The van der Waals surface area contributed by atoms with Crippen LogP contribution < -0.4 is 4.72 Å². The van der Waals surface area contributed by atoms with Gasteiger partial charge in [0.25, 0.3) is 5.92 Å². The lowest BCUT2D eigenvalue weighted by Gasteiger charge is -2.13. The Morgan fingerprint density at radius 2 is 2.06 bits per heavy atom. The molecule has 0 radical (unpaired) electrons. The van der Waals surface area contributed by atoms with Gasteiger partial charge in [0.05, 0.1) is 25.3 Å². The Bertz CT molecular complexity index is 344. The van der Waals surface area contributed by atoms with Crippen molar-refractivity contribution < 1.29 is 31.8 Å². The molecular weight excluding hydrogens is 260 g/mol. The fourth-order valence-corrected chi connectivity index (χ4v) is 1.81. The highest BCUT2D eigenvalue weighted by molar-refractivity contribution is 7.89. The number of hydrogen-bond donors (Lipinski definition) is 2. The molecule has 0 aliphatic heterocycles. The Labute approximate surface area is 98.0 Å². The van der Waals surface area contributed by atoms with E-state index in [9.17, 15) is 22.0 Å². The third-order valence-electron chi connectivity index (χ3n) is 1.66. The van der Waals surface area contributed by atoms with E-state index >= 15 is 0 Å². The molecule has 0 aliphatic carbocycles. The normalized spacial score (nSPS) is 12.5. The van der Waals surface area contributed by atoms with Gasteiger partial charge >= 0.3 is 5.97 Å². The van der Waals surface area contributed by atoms with Crippen LogP contribution in [0.5, 0.6) is 0 Å². The van der Waals surface area contributed by atoms with E-state index < -0.39 is 47.2 Å². The highest BCUT2D eigenvalue weighted by atomic mass is 32.2. The van der Waals surface area contributed by atoms with E-state index in [1.54, 1.807) is 11.6 Å². The Balaban J connectivity index is 4.09. The molecule has 0 heterocycles. The molecule has 102 valence electrons. The lowest BCUT2D eigenvalue weighted by Crippen LogP contribution is -2.40. The quantitative estimate of drug-likeness (QED) is 0.582. The second kappa shape index (κ2) is 6.82. The summed E-state index contributed by atoms with van der Waals surface area (Å²) in [6.45, 7) is -0.969. The average Bonchev–Trinajstić information content (AvgIpc) is 2.25. The molecule has 2 N–H and O–H groups in total. The Morgan fingerprint density at radius 3 is 2.53 bits per heavy atom. The Kier molecular flexibility index (Phi) is 6.50. The topological polar surface area (TPSA) is 92.7 Å². The van der Waals surface area contributed by atoms with Gasteiger partial charge in [0, 0.05) is 0 Å². The molecule has 0 bridgehead atoms. The van der Waals surface area contributed by atoms with Crippen LogP contribution in [0.3, 0.4) is 0 Å². The van der Waals surface area contributed by atoms with Gasteiger partial charge in [-0.1, -0.05) is 0 Å². The van der Waals surface area contributed by atoms with E-state index in [0.29, 0.717) is 0 Å². The fraction of sp³-hybridized carbons (Fsp3) is 0.875. The van der Waals surface area contributed by atoms with Crippen LogP contribution in [0.4, 0.5) is 8.78 Å². The highest BCUT2D eigenvalue weighted by Crippen LogP contribution is 2.10. The number of nitrogens with one attached hydrogen (secondary N) is 1. The second-order valence-corrected chi connectivity index (χ2v) is 5.14. The summed E-state index contributed by atoms with van der Waals surface area (Å²) >= 11 is 0. The smallest absolute Gasteiger partial charge is 0.306 e. The van der Waals surface area contributed by atoms with Gasteiger partial charge in [0.15, 0.2) is 0 Å². The molecule has 0 fully saturated rings. The number of halogens is 2. The van der Waals surface area contributed by atoms with Crippen molar-refractivity contribution in [2.24, 2.45) is 0 Å². The van der Waals surface area contributed by atoms with Crippen LogP contribution in [0.2, 0.25) is 0 Å². The molecule has 0 amide bonds. The Morgan fingerprint density at radius 1 is 1.47 bits per heavy atom. The van der Waals surface area contributed by atoms with Gasteiger partial charge in [-0.25, -0.2) is 21.9 Å². The van der Waals surface area contributed by atoms with Crippen molar-refractivity contribution in [3.05, 3.63) is 0 Å². The molecule has 0 rings (SSSR count). The van der Waals surface area contributed by atoms with Crippen LogP contribution in [0.1, 0.15) is 13.3 Å². The maximum absolute atomic E-state index is 12.5. The summed E-state index contributed by atoms with van der Waals surface area (Å²) < 4.78 is 53.5. The van der Waals surface area contributed by atoms with Crippen LogP contribution in [-0.2, 0) is 19.6 Å². The summed E-state index contributed by atoms with van der Waals surface area (Å²) in [6, 6.07) is 0. The number of aliphatic hydroxyl groups is 1. The van der Waals surface area contributed by atoms with Gasteiger partial charge in [0.1, 0.15) is 6.61 Å². The molecule has 0 aliphatic rings. The van der Waals surface area contributed by atoms with Crippen molar-refractivity contribution in [2.45, 2.75) is 19.3 Å². The largest absolute Gasteiger partial charge is 0.466 e. The SMILES string of the molecule is CCOC(=O)CCS(=O)(=O)NCC(F)(F)CO. The predicted octanol–water partition coefficient (Wildman–Crippen LogP) is -0.513. The van der Waals surface area contributed by atoms with Crippen molar-refractivity contribution in [2.75, 3.05) is 25.5 Å². The number of rotatable bonds is 8. The second-order valence-electron chi connectivity index (χ2n) is 3.21. The van der Waals surface area contributed by atoms with Crippen molar-refractivity contribution in [1.82, 2.24) is 4.72 Å². The third kappa shape index (κ3) is 8.00. The first kappa shape index (κ1) is 16.2. The lowest BCUT2D eigenvalue weighted by atomic mass is 10.4. The average molecular weight is 275 g/mol. The fourth-order valence-electron chi connectivity index (χ4n) is 0.794. The zero-order chi connectivity index (χ0) is 13.5. The van der Waals surface area contributed by atoms with Gasteiger partial charge in [-0.2, -0.15) is 0 Å². The molecule has 0 atom stereocenters. The lowest BCUT2D eigenvalue weighted by molar-refractivity contribution is -0.142. The summed E-state index contributed by atoms with van der Waals surface area (Å²) in [7, 11) is -3.98. The summed E-state index contributed by atoms with van der Waals surface area (Å²) in [6.07, 6.45) is -0.409. The molecule has 9 heteroatoms. The third-order valence-corrected chi connectivity index (χ3v) is 2.99. The molecule has 0 aromatic rings. The minimum Gasteiger partial charge on any atom is -0.466 e. The predicted molar refractivity (Wildman–Crippen MR) is 55.1 cm³/mol. The maximum Gasteiger partial charge on any atom is 0.306 e. The van der Waals surface area contributed by atoms with Gasteiger partial charge in [0.2, 0.25) is 10.0 Å². The number of sulfonamides is 1. The van der Waals surface area contributed by atoms with Crippen molar-refractivity contribution in [1.29, 1.82) is 0 Å². The van der Waals surface area contributed by atoms with E-state index in [4.69, 9.17) is 5.11 Å². The molecule has 0 aromatic carbocycles. The minimum atomic E-state index is -3.98. The van der Waals surface area contributed by atoms with Crippen LogP contribution >= 0.6 is 0 Å². The molecule has 0 saturated carbocycles. The standard InChI is InChI=1S/C8H15F2NO5S/c1-2-16-7(13)3-4-17(14,15)11-5-8(9,10)6-12/h11-12H,2-6H2,1H3. The van der Waals surface area contributed by atoms with Crippen LogP contribution in [0, 0.1) is 0 Å². The zero-order valence-electron chi connectivity index (χ0n) is 9.28. The Hall–Kier alpha value is -0.800. The number of esters is 1. The first-order valence-corrected chi connectivity index (χ1v) is 6.49. The van der Waals surface area contributed by atoms with Gasteiger partial charge in [-0.05, 0) is 6.92 Å². The van der Waals surface area contributed by atoms with Gasteiger partial charge in [-0.3, -0.25) is 4.79 Å². The number of hydrogen-bond acceptors (Lipinski definition) is 5. The molecular formula is C8H15F2NO5S. The van der Waals surface area contributed by atoms with Crippen LogP contribution in [0.15, 0.2) is 0 Å². The molecule has 0 saturated heterocycles. The van der Waals surface area contributed by atoms with Gasteiger partial charge in [-0.15, -0.1) is 0 Å². The van der Waals surface area contributed by atoms with E-state index in [1.807, 2.05) is 0 Å². The van der Waals surface area contributed by atoms with E-state index in [2.05, 4.69) is 4.74 Å². The molecule has 0 unspecified atom stereocenters. The minimum absolute atomic E-state index is 0.120. The number of ether oxygens (including phenoxy) is 1. The molecule has 17 heavy (non-hydrogen) atoms. The van der Waals surface area contributed by atoms with Crippen molar-refractivity contribution in [3.63, 3.8) is 0 Å². The van der Waals surface area contributed by atoms with E-state index in [0.717, 1.165) is 0 Å². The van der Waals surface area contributed by atoms with Crippen molar-refractivity contribution >= 4 is 16.0 Å². The van der Waals surface area contributed by atoms with Crippen LogP contribution in [0.25, 0.3) is 0 Å². The number of carbonyl (C=O) groups is 1. The maximum atomic E-state index is 12.5. The molecule has 0 spiro atoms. The highest BCUT2D eigenvalue weighted by Gasteiger charge is 2.29. The van der Waals surface area contributed by atoms with E-state index in [1.165, 1.54) is 0 Å². The van der Waals surface area contributed by atoms with Gasteiger partial charge < -0.3 is 9.84 Å². The number of carbonyl (C=O) groups excluding carboxylic acids is 1. The van der Waals surface area contributed by atoms with Crippen molar-refractivity contribution in [3.8, 4) is 0 Å². The number of alkyl halides is 2. The van der Waals surface area contributed by atoms with Crippen LogP contribution in [-0.4, -0.2) is 50.9 Å². The van der Waals surface area contributed by atoms with E-state index in [-0.39, 0.29) is 6.61 Å². The number of aliphatic hydroxyl groups excluding tert-OH is 1. The molecule has 6 nitrogen and oxygen atoms in total. The summed E-state index contributed by atoms with van der Waals surface area (Å²) in [5.41, 5.74) is 0. The molecule has 0 aromatic heterocycles. The zero-order valence-corrected chi connectivity index (χ0v) is 10.1. The first-order valence-electron chi connectivity index (χ1n) is 4.84. The summed E-state index contributed by atoms with van der Waals surface area (Å²) in [4.78, 5) is 10.8.